The van der Waals surface area contributed by atoms with E-state index in [1.54, 1.807) is 13.3 Å². The Morgan fingerprint density at radius 1 is 1.15 bits per heavy atom. The van der Waals surface area contributed by atoms with Crippen molar-refractivity contribution in [2.75, 3.05) is 20.2 Å². The molecule has 3 aromatic rings. The summed E-state index contributed by atoms with van der Waals surface area (Å²) < 4.78 is 12.0. The largest absolute Gasteiger partial charge is 0.485 e. The van der Waals surface area contributed by atoms with Crippen LogP contribution in [0.1, 0.15) is 79.9 Å². The van der Waals surface area contributed by atoms with Crippen LogP contribution >= 0.6 is 0 Å². The molecule has 0 spiro atoms. The Kier molecular flexibility index (Phi) is 8.60. The Morgan fingerprint density at radius 2 is 1.93 bits per heavy atom. The summed E-state index contributed by atoms with van der Waals surface area (Å²) >= 11 is 0. The van der Waals surface area contributed by atoms with Crippen LogP contribution in [-0.2, 0) is 17.8 Å². The van der Waals surface area contributed by atoms with Crippen LogP contribution in [0.15, 0.2) is 48.7 Å². The molecule has 1 aliphatic carbocycles. The van der Waals surface area contributed by atoms with E-state index in [1.807, 2.05) is 13.0 Å². The van der Waals surface area contributed by atoms with E-state index in [1.165, 1.54) is 5.56 Å². The number of nitriles is 1. The molecule has 0 unspecified atom stereocenters. The SMILES string of the molecule is CCN(CC)Cc1cc([C@@H]2CCc3ccc([C@H](C4CC4)[C@H](C)C(=O)O)cc3O2)ccc1-c1cc(OC)ncc1C#N. The molecule has 1 fully saturated rings. The highest BCUT2D eigenvalue weighted by atomic mass is 16.5. The minimum Gasteiger partial charge on any atom is -0.485 e. The lowest BCUT2D eigenvalue weighted by molar-refractivity contribution is -0.142. The predicted octanol–water partition coefficient (Wildman–Crippen LogP) is 6.75. The van der Waals surface area contributed by atoms with E-state index in [0.29, 0.717) is 17.4 Å². The second-order valence-electron chi connectivity index (χ2n) is 11.3. The molecule has 1 N–H and O–H groups in total. The van der Waals surface area contributed by atoms with Crippen molar-refractivity contribution in [3.05, 3.63) is 76.5 Å². The van der Waals surface area contributed by atoms with Crippen molar-refractivity contribution in [3.8, 4) is 28.8 Å². The first kappa shape index (κ1) is 28.6. The molecule has 0 amide bonds. The summed E-state index contributed by atoms with van der Waals surface area (Å²) in [6.07, 6.45) is 5.39. The van der Waals surface area contributed by atoms with Gasteiger partial charge in [-0.1, -0.05) is 51.1 Å². The molecule has 7 nitrogen and oxygen atoms in total. The van der Waals surface area contributed by atoms with E-state index >= 15 is 0 Å². The number of methoxy groups -OCH3 is 1. The number of aliphatic carboxylic acids is 1. The average Bonchev–Trinajstić information content (AvgIpc) is 3.84. The van der Waals surface area contributed by atoms with Crippen LogP contribution in [0.25, 0.3) is 11.1 Å². The lowest BCUT2D eigenvalue weighted by Gasteiger charge is -2.29. The van der Waals surface area contributed by atoms with Crippen molar-refractivity contribution in [1.82, 2.24) is 9.88 Å². The van der Waals surface area contributed by atoms with Crippen molar-refractivity contribution in [2.45, 2.75) is 65.0 Å². The summed E-state index contributed by atoms with van der Waals surface area (Å²) in [5.74, 6) is 0.599. The van der Waals surface area contributed by atoms with E-state index in [2.05, 4.69) is 66.2 Å². The van der Waals surface area contributed by atoms with E-state index in [0.717, 1.165) is 78.9 Å². The summed E-state index contributed by atoms with van der Waals surface area (Å²) in [5.41, 5.74) is 6.78. The minimum atomic E-state index is -0.745. The van der Waals surface area contributed by atoms with Gasteiger partial charge in [-0.05, 0) is 84.5 Å². The number of benzene rings is 2. The Morgan fingerprint density at radius 3 is 2.59 bits per heavy atom. The molecular formula is C34H39N3O4. The van der Waals surface area contributed by atoms with Gasteiger partial charge < -0.3 is 14.6 Å². The normalized spacial score (nSPS) is 17.7. The number of pyridine rings is 1. The number of carboxylic acids is 1. The third-order valence-corrected chi connectivity index (χ3v) is 8.77. The van der Waals surface area contributed by atoms with Crippen LogP contribution in [-0.4, -0.2) is 41.2 Å². The van der Waals surface area contributed by atoms with E-state index < -0.39 is 11.9 Å². The molecule has 2 heterocycles. The molecule has 41 heavy (non-hydrogen) atoms. The second-order valence-corrected chi connectivity index (χ2v) is 11.3. The molecule has 3 atom stereocenters. The highest BCUT2D eigenvalue weighted by Gasteiger charge is 2.39. The Hall–Kier alpha value is -3.89. The summed E-state index contributed by atoms with van der Waals surface area (Å²) in [5, 5.41) is 19.6. The number of ether oxygens (including phenoxy) is 2. The molecule has 0 bridgehead atoms. The molecule has 2 aromatic carbocycles. The number of aromatic nitrogens is 1. The summed E-state index contributed by atoms with van der Waals surface area (Å²) in [4.78, 5) is 18.5. The van der Waals surface area contributed by atoms with Crippen LogP contribution in [0, 0.1) is 23.2 Å². The molecule has 0 radical (unpaired) electrons. The van der Waals surface area contributed by atoms with Crippen molar-refractivity contribution in [1.29, 1.82) is 5.26 Å². The first-order valence-electron chi connectivity index (χ1n) is 14.7. The van der Waals surface area contributed by atoms with Gasteiger partial charge in [0.05, 0.1) is 18.6 Å². The maximum atomic E-state index is 11.9. The molecule has 0 saturated heterocycles. The predicted molar refractivity (Wildman–Crippen MR) is 158 cm³/mol. The van der Waals surface area contributed by atoms with Gasteiger partial charge in [-0.2, -0.15) is 5.26 Å². The molecular weight excluding hydrogens is 514 g/mol. The number of nitrogens with zero attached hydrogens (tertiary/aromatic N) is 3. The lowest BCUT2D eigenvalue weighted by Crippen LogP contribution is -2.23. The van der Waals surface area contributed by atoms with Crippen molar-refractivity contribution < 1.29 is 19.4 Å². The highest BCUT2D eigenvalue weighted by molar-refractivity contribution is 5.74. The zero-order valence-electron chi connectivity index (χ0n) is 24.4. The van der Waals surface area contributed by atoms with Gasteiger partial charge in [0, 0.05) is 24.4 Å². The standard InChI is InChI=1S/C34H39N3O4/c1-5-37(6-2)20-26-15-24(11-13-28(26)29-17-32(40-4)36-19-27(29)18-35)30-14-12-22-7-10-25(16-31(22)41-30)33(23-8-9-23)21(3)34(38)39/h7,10-11,13,15-17,19,21,23,30,33H,5-6,8-9,12,14,20H2,1-4H3,(H,38,39)/t21-,30-,33-/m0/s1. The van der Waals surface area contributed by atoms with Gasteiger partial charge in [0.2, 0.25) is 5.88 Å². The van der Waals surface area contributed by atoms with Gasteiger partial charge in [0.25, 0.3) is 0 Å². The topological polar surface area (TPSA) is 95.7 Å². The molecule has 1 saturated carbocycles. The van der Waals surface area contributed by atoms with E-state index in [-0.39, 0.29) is 12.0 Å². The molecule has 7 heteroatoms. The quantitative estimate of drug-likeness (QED) is 0.281. The fourth-order valence-electron chi connectivity index (χ4n) is 6.16. The smallest absolute Gasteiger partial charge is 0.306 e. The van der Waals surface area contributed by atoms with Gasteiger partial charge in [0.15, 0.2) is 0 Å². The van der Waals surface area contributed by atoms with Crippen molar-refractivity contribution in [3.63, 3.8) is 0 Å². The first-order chi connectivity index (χ1) is 19.9. The molecule has 214 valence electrons. The van der Waals surface area contributed by atoms with Crippen LogP contribution in [0.4, 0.5) is 0 Å². The monoisotopic (exact) mass is 553 g/mol. The maximum Gasteiger partial charge on any atom is 0.306 e. The van der Waals surface area contributed by atoms with Crippen LogP contribution in [0.2, 0.25) is 0 Å². The van der Waals surface area contributed by atoms with Gasteiger partial charge in [-0.15, -0.1) is 0 Å². The average molecular weight is 554 g/mol. The third kappa shape index (κ3) is 6.08. The number of carbonyl (C=O) groups is 1. The van der Waals surface area contributed by atoms with Gasteiger partial charge in [-0.25, -0.2) is 4.98 Å². The fourth-order valence-corrected chi connectivity index (χ4v) is 6.16. The van der Waals surface area contributed by atoms with Crippen molar-refractivity contribution >= 4 is 5.97 Å². The zero-order valence-corrected chi connectivity index (χ0v) is 24.4. The molecule has 5 rings (SSSR count). The second kappa shape index (κ2) is 12.3. The highest BCUT2D eigenvalue weighted by Crippen LogP contribution is 2.48. The lowest BCUT2D eigenvalue weighted by atomic mass is 9.82. The van der Waals surface area contributed by atoms with Crippen molar-refractivity contribution in [2.24, 2.45) is 11.8 Å². The van der Waals surface area contributed by atoms with Gasteiger partial charge in [0.1, 0.15) is 17.9 Å². The third-order valence-electron chi connectivity index (χ3n) is 8.77. The Bertz CT molecular complexity index is 1450. The minimum absolute atomic E-state index is 0.00779. The number of hydrogen-bond acceptors (Lipinski definition) is 6. The van der Waals surface area contributed by atoms with Crippen LogP contribution in [0.3, 0.4) is 0 Å². The van der Waals surface area contributed by atoms with Crippen LogP contribution < -0.4 is 9.47 Å². The van der Waals surface area contributed by atoms with Crippen LogP contribution in [0.5, 0.6) is 11.6 Å². The number of hydrogen-bond donors (Lipinski definition) is 1. The zero-order chi connectivity index (χ0) is 29.1. The van der Waals surface area contributed by atoms with Gasteiger partial charge >= 0.3 is 5.97 Å². The Labute approximate surface area is 242 Å². The van der Waals surface area contributed by atoms with Gasteiger partial charge in [-0.3, -0.25) is 9.69 Å². The number of carboxylic acid groups (broad SMARTS) is 1. The maximum absolute atomic E-state index is 11.9. The van der Waals surface area contributed by atoms with E-state index in [9.17, 15) is 15.2 Å². The molecule has 2 aliphatic rings. The summed E-state index contributed by atoms with van der Waals surface area (Å²) in [6.45, 7) is 8.71. The Balaban J connectivity index is 1.49. The number of fused-ring (bicyclic) bond motifs is 1. The molecule has 1 aromatic heterocycles. The first-order valence-corrected chi connectivity index (χ1v) is 14.7. The fraction of sp³-hybridized carbons (Fsp3) is 0.441. The summed E-state index contributed by atoms with van der Waals surface area (Å²) in [7, 11) is 1.58. The summed E-state index contributed by atoms with van der Waals surface area (Å²) in [6, 6.07) is 16.9. The van der Waals surface area contributed by atoms with E-state index in [4.69, 9.17) is 9.47 Å². The number of rotatable bonds is 11. The molecule has 1 aliphatic heterocycles. The number of aryl methyl sites for hydroxylation is 1.